The molecule has 1 aromatic carbocycles. The van der Waals surface area contributed by atoms with E-state index in [1.807, 2.05) is 6.92 Å². The van der Waals surface area contributed by atoms with Crippen molar-refractivity contribution in [2.24, 2.45) is 5.73 Å². The number of nitrogens with two attached hydrogens (primary N) is 1. The lowest BCUT2D eigenvalue weighted by molar-refractivity contribution is 0.622. The molecule has 13 heavy (non-hydrogen) atoms. The molecule has 72 valence electrons. The number of hydrogen-bond acceptors (Lipinski definition) is 1. The number of halogens is 1. The zero-order chi connectivity index (χ0) is 9.68. The highest BCUT2D eigenvalue weighted by atomic mass is 19.1. The highest BCUT2D eigenvalue weighted by molar-refractivity contribution is 5.24. The maximum atomic E-state index is 13.0. The van der Waals surface area contributed by atoms with Crippen molar-refractivity contribution in [3.63, 3.8) is 0 Å². The largest absolute Gasteiger partial charge is 0.330 e. The summed E-state index contributed by atoms with van der Waals surface area (Å²) in [7, 11) is 0. The molecule has 1 rings (SSSR count). The van der Waals surface area contributed by atoms with E-state index in [2.05, 4.69) is 6.07 Å². The Bertz CT molecular complexity index is 271. The summed E-state index contributed by atoms with van der Waals surface area (Å²) in [5.41, 5.74) is 7.51. The second kappa shape index (κ2) is 4.97. The van der Waals surface area contributed by atoms with Gasteiger partial charge in [-0.25, -0.2) is 4.39 Å². The highest BCUT2D eigenvalue weighted by Crippen LogP contribution is 2.11. The monoisotopic (exact) mass is 181 g/mol. The molecule has 0 bridgehead atoms. The summed E-state index contributed by atoms with van der Waals surface area (Å²) in [6.07, 6.45) is 2.68. The van der Waals surface area contributed by atoms with Crippen LogP contribution in [-0.2, 0) is 12.8 Å². The summed E-state index contributed by atoms with van der Waals surface area (Å²) in [5.74, 6) is -0.133. The molecule has 1 aromatic rings. The molecule has 0 atom stereocenters. The van der Waals surface area contributed by atoms with Crippen LogP contribution < -0.4 is 5.73 Å². The van der Waals surface area contributed by atoms with Crippen molar-refractivity contribution < 1.29 is 4.39 Å². The van der Waals surface area contributed by atoms with Gasteiger partial charge in [-0.15, -0.1) is 0 Å². The van der Waals surface area contributed by atoms with Gasteiger partial charge in [0.05, 0.1) is 0 Å². The third-order valence-corrected chi connectivity index (χ3v) is 2.10. The van der Waals surface area contributed by atoms with Crippen LogP contribution in [-0.4, -0.2) is 6.54 Å². The first-order valence-electron chi connectivity index (χ1n) is 4.74. The fourth-order valence-electron chi connectivity index (χ4n) is 1.37. The number of aryl methyl sites for hydroxylation is 2. The van der Waals surface area contributed by atoms with Crippen molar-refractivity contribution in [1.82, 2.24) is 0 Å². The predicted molar refractivity (Wildman–Crippen MR) is 53.2 cm³/mol. The molecule has 0 radical (unpaired) electrons. The summed E-state index contributed by atoms with van der Waals surface area (Å²) in [4.78, 5) is 0. The molecule has 0 amide bonds. The molecule has 0 aliphatic rings. The van der Waals surface area contributed by atoms with E-state index in [1.54, 1.807) is 12.1 Å². The Hall–Kier alpha value is -0.890. The van der Waals surface area contributed by atoms with Gasteiger partial charge >= 0.3 is 0 Å². The molecule has 0 saturated heterocycles. The van der Waals surface area contributed by atoms with Crippen molar-refractivity contribution in [2.45, 2.75) is 26.2 Å². The average Bonchev–Trinajstić information content (AvgIpc) is 2.14. The Labute approximate surface area is 78.8 Å². The number of benzene rings is 1. The van der Waals surface area contributed by atoms with Gasteiger partial charge in [0.2, 0.25) is 0 Å². The Morgan fingerprint density at radius 2 is 1.92 bits per heavy atom. The molecular formula is C11H16FN. The summed E-state index contributed by atoms with van der Waals surface area (Å²) in [6.45, 7) is 2.69. The minimum Gasteiger partial charge on any atom is -0.330 e. The third kappa shape index (κ3) is 3.15. The van der Waals surface area contributed by atoms with Crippen molar-refractivity contribution in [3.8, 4) is 0 Å². The molecule has 0 spiro atoms. The maximum absolute atomic E-state index is 13.0. The maximum Gasteiger partial charge on any atom is 0.123 e. The molecule has 0 unspecified atom stereocenters. The Balaban J connectivity index is 2.76. The van der Waals surface area contributed by atoms with Gasteiger partial charge in [-0.05, 0) is 49.1 Å². The summed E-state index contributed by atoms with van der Waals surface area (Å²) >= 11 is 0. The zero-order valence-corrected chi connectivity index (χ0v) is 8.02. The standard InChI is InChI=1S/C11H16FN/c1-2-9-6-10(4-3-5-13)8-11(12)7-9/h6-8H,2-5,13H2,1H3. The topological polar surface area (TPSA) is 26.0 Å². The molecule has 0 aliphatic heterocycles. The summed E-state index contributed by atoms with van der Waals surface area (Å²) in [6, 6.07) is 5.24. The van der Waals surface area contributed by atoms with Gasteiger partial charge in [0.25, 0.3) is 0 Å². The smallest absolute Gasteiger partial charge is 0.123 e. The van der Waals surface area contributed by atoms with E-state index in [1.165, 1.54) is 0 Å². The first-order chi connectivity index (χ1) is 6.26. The lowest BCUT2D eigenvalue weighted by Crippen LogP contribution is -2.01. The molecule has 2 heteroatoms. The lowest BCUT2D eigenvalue weighted by atomic mass is 10.0. The molecule has 0 saturated carbocycles. The van der Waals surface area contributed by atoms with Crippen LogP contribution in [0.4, 0.5) is 4.39 Å². The van der Waals surface area contributed by atoms with Crippen molar-refractivity contribution in [3.05, 3.63) is 35.1 Å². The van der Waals surface area contributed by atoms with E-state index in [0.717, 1.165) is 30.4 Å². The van der Waals surface area contributed by atoms with Gasteiger partial charge in [0.1, 0.15) is 5.82 Å². The Kier molecular flexibility index (Phi) is 3.90. The number of rotatable bonds is 4. The first kappa shape index (κ1) is 10.2. The van der Waals surface area contributed by atoms with E-state index in [4.69, 9.17) is 5.73 Å². The van der Waals surface area contributed by atoms with Crippen LogP contribution in [0.5, 0.6) is 0 Å². The van der Waals surface area contributed by atoms with Crippen LogP contribution in [0.2, 0.25) is 0 Å². The first-order valence-corrected chi connectivity index (χ1v) is 4.74. The second-order valence-electron chi connectivity index (χ2n) is 3.21. The molecule has 0 heterocycles. The average molecular weight is 181 g/mol. The Morgan fingerprint density at radius 1 is 1.23 bits per heavy atom. The van der Waals surface area contributed by atoms with Gasteiger partial charge in [0.15, 0.2) is 0 Å². The van der Waals surface area contributed by atoms with Gasteiger partial charge in [-0.1, -0.05) is 13.0 Å². The molecule has 0 aromatic heterocycles. The van der Waals surface area contributed by atoms with Crippen LogP contribution in [0.3, 0.4) is 0 Å². The van der Waals surface area contributed by atoms with Crippen LogP contribution >= 0.6 is 0 Å². The van der Waals surface area contributed by atoms with Crippen molar-refractivity contribution in [2.75, 3.05) is 6.54 Å². The second-order valence-corrected chi connectivity index (χ2v) is 3.21. The van der Waals surface area contributed by atoms with Crippen LogP contribution in [0.25, 0.3) is 0 Å². The normalized spacial score (nSPS) is 10.4. The fraction of sp³-hybridized carbons (Fsp3) is 0.455. The van der Waals surface area contributed by atoms with E-state index < -0.39 is 0 Å². The van der Waals surface area contributed by atoms with E-state index >= 15 is 0 Å². The predicted octanol–water partition coefficient (Wildman–Crippen LogP) is 2.28. The lowest BCUT2D eigenvalue weighted by Gasteiger charge is -2.03. The van der Waals surface area contributed by atoms with Crippen LogP contribution in [0, 0.1) is 5.82 Å². The third-order valence-electron chi connectivity index (χ3n) is 2.10. The zero-order valence-electron chi connectivity index (χ0n) is 8.02. The van der Waals surface area contributed by atoms with Gasteiger partial charge < -0.3 is 5.73 Å². The molecular weight excluding hydrogens is 165 g/mol. The summed E-state index contributed by atoms with van der Waals surface area (Å²) in [5, 5.41) is 0. The quantitative estimate of drug-likeness (QED) is 0.757. The van der Waals surface area contributed by atoms with Crippen molar-refractivity contribution >= 4 is 0 Å². The van der Waals surface area contributed by atoms with Gasteiger partial charge in [-0.3, -0.25) is 0 Å². The van der Waals surface area contributed by atoms with Crippen LogP contribution in [0.1, 0.15) is 24.5 Å². The minimum atomic E-state index is -0.133. The number of hydrogen-bond donors (Lipinski definition) is 1. The molecule has 1 nitrogen and oxygen atoms in total. The molecule has 0 fully saturated rings. The van der Waals surface area contributed by atoms with Gasteiger partial charge in [-0.2, -0.15) is 0 Å². The van der Waals surface area contributed by atoms with Crippen LogP contribution in [0.15, 0.2) is 18.2 Å². The molecule has 2 N–H and O–H groups in total. The van der Waals surface area contributed by atoms with E-state index in [0.29, 0.717) is 6.54 Å². The summed E-state index contributed by atoms with van der Waals surface area (Å²) < 4.78 is 13.0. The van der Waals surface area contributed by atoms with Crippen molar-refractivity contribution in [1.29, 1.82) is 0 Å². The van der Waals surface area contributed by atoms with Gasteiger partial charge in [0, 0.05) is 0 Å². The highest BCUT2D eigenvalue weighted by Gasteiger charge is 1.98. The van der Waals surface area contributed by atoms with E-state index in [9.17, 15) is 4.39 Å². The minimum absolute atomic E-state index is 0.133. The Morgan fingerprint density at radius 3 is 2.54 bits per heavy atom. The molecule has 0 aliphatic carbocycles. The fourth-order valence-corrected chi connectivity index (χ4v) is 1.37. The SMILES string of the molecule is CCc1cc(F)cc(CCCN)c1. The van der Waals surface area contributed by atoms with E-state index in [-0.39, 0.29) is 5.82 Å².